The van der Waals surface area contributed by atoms with E-state index in [1.807, 2.05) is 6.92 Å². The van der Waals surface area contributed by atoms with Crippen LogP contribution < -0.4 is 10.6 Å². The monoisotopic (exact) mass is 272 g/mol. The summed E-state index contributed by atoms with van der Waals surface area (Å²) in [6.07, 6.45) is 1.95. The lowest BCUT2D eigenvalue weighted by Gasteiger charge is -2.17. The number of carbonyl (C=O) groups is 1. The summed E-state index contributed by atoms with van der Waals surface area (Å²) in [6.45, 7) is 10.00. The van der Waals surface area contributed by atoms with E-state index in [-0.39, 0.29) is 12.1 Å². The van der Waals surface area contributed by atoms with E-state index < -0.39 is 0 Å². The second-order valence-electron chi connectivity index (χ2n) is 5.59. The van der Waals surface area contributed by atoms with Crippen LogP contribution in [0.3, 0.4) is 0 Å². The molecule has 2 amide bonds. The molecule has 0 bridgehead atoms. The molecule has 0 aromatic rings. The standard InChI is InChI=1S/C14H28N2O3/c1-11(2)12(3)16-14(17)15-6-4-7-18-9-13-5-8-19-10-13/h11-13H,4-10H2,1-3H3,(H2,15,16,17)/t12-,13-/m1/s1. The minimum atomic E-state index is -0.0922. The van der Waals surface area contributed by atoms with Crippen molar-refractivity contribution in [2.75, 3.05) is 33.0 Å². The van der Waals surface area contributed by atoms with Gasteiger partial charge in [-0.2, -0.15) is 0 Å². The summed E-state index contributed by atoms with van der Waals surface area (Å²) >= 11 is 0. The Kier molecular flexibility index (Phi) is 7.82. The van der Waals surface area contributed by atoms with E-state index in [9.17, 15) is 4.79 Å². The summed E-state index contributed by atoms with van der Waals surface area (Å²) in [5, 5.41) is 5.75. The molecule has 0 radical (unpaired) electrons. The van der Waals surface area contributed by atoms with Crippen LogP contribution in [0.25, 0.3) is 0 Å². The topological polar surface area (TPSA) is 59.6 Å². The first-order valence-corrected chi connectivity index (χ1v) is 7.29. The smallest absolute Gasteiger partial charge is 0.315 e. The number of urea groups is 1. The van der Waals surface area contributed by atoms with Crippen molar-refractivity contribution in [1.29, 1.82) is 0 Å². The molecule has 1 rings (SSSR count). The van der Waals surface area contributed by atoms with Gasteiger partial charge in [0, 0.05) is 31.7 Å². The average Bonchev–Trinajstić information content (AvgIpc) is 2.86. The van der Waals surface area contributed by atoms with Gasteiger partial charge < -0.3 is 20.1 Å². The van der Waals surface area contributed by atoms with Gasteiger partial charge in [0.15, 0.2) is 0 Å². The van der Waals surface area contributed by atoms with Crippen LogP contribution in [0.2, 0.25) is 0 Å². The second-order valence-corrected chi connectivity index (χ2v) is 5.59. The Morgan fingerprint density at radius 1 is 1.42 bits per heavy atom. The van der Waals surface area contributed by atoms with Gasteiger partial charge in [0.05, 0.1) is 13.2 Å². The third-order valence-electron chi connectivity index (χ3n) is 3.49. The molecular formula is C14H28N2O3. The van der Waals surface area contributed by atoms with Gasteiger partial charge in [-0.3, -0.25) is 0 Å². The van der Waals surface area contributed by atoms with Crippen LogP contribution in [-0.2, 0) is 9.47 Å². The first-order valence-electron chi connectivity index (χ1n) is 7.29. The van der Waals surface area contributed by atoms with Gasteiger partial charge in [-0.1, -0.05) is 13.8 Å². The quantitative estimate of drug-likeness (QED) is 0.662. The predicted molar refractivity (Wildman–Crippen MR) is 75.2 cm³/mol. The summed E-state index contributed by atoms with van der Waals surface area (Å²) < 4.78 is 10.8. The van der Waals surface area contributed by atoms with Crippen molar-refractivity contribution < 1.29 is 14.3 Å². The minimum Gasteiger partial charge on any atom is -0.381 e. The van der Waals surface area contributed by atoms with E-state index >= 15 is 0 Å². The number of hydrogen-bond acceptors (Lipinski definition) is 3. The van der Waals surface area contributed by atoms with Crippen molar-refractivity contribution in [3.05, 3.63) is 0 Å². The van der Waals surface area contributed by atoms with Gasteiger partial charge in [-0.15, -0.1) is 0 Å². The largest absolute Gasteiger partial charge is 0.381 e. The van der Waals surface area contributed by atoms with Crippen molar-refractivity contribution in [2.24, 2.45) is 11.8 Å². The fourth-order valence-electron chi connectivity index (χ4n) is 1.77. The predicted octanol–water partition coefficient (Wildman–Crippen LogP) is 1.77. The second kappa shape index (κ2) is 9.15. The number of rotatable bonds is 8. The maximum absolute atomic E-state index is 11.5. The lowest BCUT2D eigenvalue weighted by atomic mass is 10.1. The maximum atomic E-state index is 11.5. The Hall–Kier alpha value is -0.810. The Balaban J connectivity index is 1.90. The van der Waals surface area contributed by atoms with Crippen LogP contribution in [0.15, 0.2) is 0 Å². The number of amides is 2. The Bertz CT molecular complexity index is 253. The molecule has 0 aromatic heterocycles. The Labute approximate surface area is 116 Å². The number of nitrogens with one attached hydrogen (secondary N) is 2. The highest BCUT2D eigenvalue weighted by molar-refractivity contribution is 5.74. The van der Waals surface area contributed by atoms with Crippen LogP contribution in [0.5, 0.6) is 0 Å². The van der Waals surface area contributed by atoms with Gasteiger partial charge in [-0.05, 0) is 25.7 Å². The van der Waals surface area contributed by atoms with Crippen LogP contribution in [0, 0.1) is 11.8 Å². The zero-order chi connectivity index (χ0) is 14.1. The molecule has 5 nitrogen and oxygen atoms in total. The molecule has 0 aliphatic carbocycles. The first kappa shape index (κ1) is 16.2. The molecule has 2 N–H and O–H groups in total. The normalized spacial score (nSPS) is 20.5. The lowest BCUT2D eigenvalue weighted by molar-refractivity contribution is 0.0885. The third kappa shape index (κ3) is 7.38. The zero-order valence-corrected chi connectivity index (χ0v) is 12.4. The summed E-state index contributed by atoms with van der Waals surface area (Å²) in [4.78, 5) is 11.5. The Morgan fingerprint density at radius 3 is 2.84 bits per heavy atom. The van der Waals surface area contributed by atoms with Crippen molar-refractivity contribution >= 4 is 6.03 Å². The fourth-order valence-corrected chi connectivity index (χ4v) is 1.77. The van der Waals surface area contributed by atoms with Crippen molar-refractivity contribution in [1.82, 2.24) is 10.6 Å². The fraction of sp³-hybridized carbons (Fsp3) is 0.929. The zero-order valence-electron chi connectivity index (χ0n) is 12.4. The Morgan fingerprint density at radius 2 is 2.21 bits per heavy atom. The molecular weight excluding hydrogens is 244 g/mol. The van der Waals surface area contributed by atoms with Crippen LogP contribution in [0.1, 0.15) is 33.6 Å². The first-order chi connectivity index (χ1) is 9.09. The highest BCUT2D eigenvalue weighted by atomic mass is 16.5. The number of carbonyl (C=O) groups excluding carboxylic acids is 1. The van der Waals surface area contributed by atoms with E-state index in [0.29, 0.717) is 25.0 Å². The molecule has 1 saturated heterocycles. The van der Waals surface area contributed by atoms with Crippen molar-refractivity contribution in [2.45, 2.75) is 39.7 Å². The number of ether oxygens (including phenoxy) is 2. The van der Waals surface area contributed by atoms with E-state index in [1.165, 1.54) is 0 Å². The molecule has 19 heavy (non-hydrogen) atoms. The van der Waals surface area contributed by atoms with Crippen molar-refractivity contribution in [3.8, 4) is 0 Å². The molecule has 0 spiro atoms. The average molecular weight is 272 g/mol. The summed E-state index contributed by atoms with van der Waals surface area (Å²) in [6, 6.07) is 0.101. The lowest BCUT2D eigenvalue weighted by Crippen LogP contribution is -2.43. The molecule has 1 aliphatic heterocycles. The van der Waals surface area contributed by atoms with Gasteiger partial charge in [-0.25, -0.2) is 4.79 Å². The van der Waals surface area contributed by atoms with Gasteiger partial charge >= 0.3 is 6.03 Å². The highest BCUT2D eigenvalue weighted by Gasteiger charge is 2.15. The van der Waals surface area contributed by atoms with Crippen LogP contribution in [0.4, 0.5) is 4.79 Å². The van der Waals surface area contributed by atoms with E-state index in [0.717, 1.165) is 32.7 Å². The third-order valence-corrected chi connectivity index (χ3v) is 3.49. The molecule has 1 heterocycles. The number of hydrogen-bond donors (Lipinski definition) is 2. The molecule has 0 saturated carbocycles. The van der Waals surface area contributed by atoms with Gasteiger partial charge in [0.1, 0.15) is 0 Å². The van der Waals surface area contributed by atoms with Crippen LogP contribution in [-0.4, -0.2) is 45.0 Å². The minimum absolute atomic E-state index is 0.0922. The highest BCUT2D eigenvalue weighted by Crippen LogP contribution is 2.12. The molecule has 0 aromatic carbocycles. The molecule has 112 valence electrons. The molecule has 0 unspecified atom stereocenters. The molecule has 1 aliphatic rings. The summed E-state index contributed by atoms with van der Waals surface area (Å²) in [5.74, 6) is 1.01. The van der Waals surface area contributed by atoms with Crippen molar-refractivity contribution in [3.63, 3.8) is 0 Å². The van der Waals surface area contributed by atoms with E-state index in [4.69, 9.17) is 9.47 Å². The van der Waals surface area contributed by atoms with Gasteiger partial charge in [0.2, 0.25) is 0 Å². The molecule has 2 atom stereocenters. The molecule has 5 heteroatoms. The SMILES string of the molecule is CC(C)[C@@H](C)NC(=O)NCCCOC[C@H]1CCOC1. The van der Waals surface area contributed by atoms with E-state index in [1.54, 1.807) is 0 Å². The van der Waals surface area contributed by atoms with Crippen LogP contribution >= 0.6 is 0 Å². The van der Waals surface area contributed by atoms with E-state index in [2.05, 4.69) is 24.5 Å². The maximum Gasteiger partial charge on any atom is 0.315 e. The molecule has 1 fully saturated rings. The summed E-state index contributed by atoms with van der Waals surface area (Å²) in [5.41, 5.74) is 0. The summed E-state index contributed by atoms with van der Waals surface area (Å²) in [7, 11) is 0. The van der Waals surface area contributed by atoms with Gasteiger partial charge in [0.25, 0.3) is 0 Å².